The third kappa shape index (κ3) is 2.93. The van der Waals surface area contributed by atoms with Gasteiger partial charge in [0, 0.05) is 0 Å². The molecule has 0 aliphatic carbocycles. The van der Waals surface area contributed by atoms with Crippen LogP contribution < -0.4 is 5.32 Å². The van der Waals surface area contributed by atoms with Gasteiger partial charge < -0.3 is 10.4 Å². The Bertz CT molecular complexity index is 194. The van der Waals surface area contributed by atoms with Gasteiger partial charge in [0.2, 0.25) is 0 Å². The van der Waals surface area contributed by atoms with E-state index in [-0.39, 0.29) is 6.61 Å². The summed E-state index contributed by atoms with van der Waals surface area (Å²) in [5.41, 5.74) is 0. The fourth-order valence-electron chi connectivity index (χ4n) is 1.08. The molecule has 12 heavy (non-hydrogen) atoms. The Hall–Kier alpha value is -0.380. The van der Waals surface area contributed by atoms with Crippen LogP contribution in [0.3, 0.4) is 0 Å². The van der Waals surface area contributed by atoms with E-state index >= 15 is 0 Å². The summed E-state index contributed by atoms with van der Waals surface area (Å²) in [7, 11) is 0. The molecule has 3 heteroatoms. The Kier molecular flexibility index (Phi) is 4.29. The van der Waals surface area contributed by atoms with Crippen molar-refractivity contribution in [2.75, 3.05) is 6.61 Å². The molecule has 1 atom stereocenters. The fraction of sp³-hybridized carbons (Fsp3) is 0.556. The lowest BCUT2D eigenvalue weighted by atomic mass is 10.2. The highest BCUT2D eigenvalue weighted by molar-refractivity contribution is 7.09. The summed E-state index contributed by atoms with van der Waals surface area (Å²) in [6, 6.07) is 4.56. The van der Waals surface area contributed by atoms with E-state index in [1.807, 2.05) is 0 Å². The molecule has 0 saturated heterocycles. The Morgan fingerprint density at radius 2 is 2.50 bits per heavy atom. The van der Waals surface area contributed by atoms with E-state index in [2.05, 4.69) is 29.8 Å². The van der Waals surface area contributed by atoms with E-state index < -0.39 is 0 Å². The number of hydrogen-bond acceptors (Lipinski definition) is 2. The molecule has 0 bridgehead atoms. The van der Waals surface area contributed by atoms with E-state index in [0.717, 1.165) is 13.0 Å². The third-order valence-corrected chi connectivity index (χ3v) is 2.89. The minimum Gasteiger partial charge on any atom is -0.390 e. The first-order valence-corrected chi connectivity index (χ1v) is 5.21. The molecule has 0 radical (unpaired) electrons. The third-order valence-electron chi connectivity index (χ3n) is 1.99. The van der Waals surface area contributed by atoms with Crippen molar-refractivity contribution >= 4 is 11.3 Å². The molecule has 0 aromatic carbocycles. The average molecular weight is 186 g/mol. The highest BCUT2D eigenvalue weighted by atomic mass is 32.1. The Labute approximate surface area is 77.2 Å². The summed E-state index contributed by atoms with van der Waals surface area (Å²) >= 11 is 1.77. The van der Waals surface area contributed by atoms with Crippen molar-refractivity contribution in [3.63, 3.8) is 0 Å². The minimum atomic E-state index is 0.280. The number of rotatable bonds is 5. The van der Waals surface area contributed by atoms with Crippen LogP contribution in [-0.2, 0) is 6.54 Å². The van der Waals surface area contributed by atoms with Gasteiger partial charge in [-0.25, -0.2) is 0 Å². The first kappa shape index (κ1) is 9.71. The lowest BCUT2D eigenvalue weighted by Crippen LogP contribution is -2.89. The largest absolute Gasteiger partial charge is 0.390 e. The molecule has 2 nitrogen and oxygen atoms in total. The molecule has 0 amide bonds. The predicted molar refractivity (Wildman–Crippen MR) is 51.1 cm³/mol. The van der Waals surface area contributed by atoms with Crippen molar-refractivity contribution in [2.45, 2.75) is 25.9 Å². The van der Waals surface area contributed by atoms with Gasteiger partial charge in [-0.15, -0.1) is 11.3 Å². The molecule has 0 spiro atoms. The topological polar surface area (TPSA) is 36.8 Å². The van der Waals surface area contributed by atoms with Gasteiger partial charge in [-0.2, -0.15) is 0 Å². The second-order valence-electron chi connectivity index (χ2n) is 2.87. The van der Waals surface area contributed by atoms with E-state index in [1.54, 1.807) is 11.3 Å². The normalized spacial score (nSPS) is 13.2. The van der Waals surface area contributed by atoms with Crippen molar-refractivity contribution < 1.29 is 10.4 Å². The molecule has 1 aromatic rings. The molecule has 1 aromatic heterocycles. The van der Waals surface area contributed by atoms with E-state index in [9.17, 15) is 0 Å². The molecule has 0 aliphatic rings. The van der Waals surface area contributed by atoms with Gasteiger partial charge in [-0.1, -0.05) is 13.0 Å². The molecule has 1 heterocycles. The van der Waals surface area contributed by atoms with Crippen LogP contribution >= 0.6 is 11.3 Å². The number of hydrogen-bond donors (Lipinski definition) is 2. The zero-order valence-corrected chi connectivity index (χ0v) is 8.18. The van der Waals surface area contributed by atoms with Crippen LogP contribution in [0.5, 0.6) is 0 Å². The smallest absolute Gasteiger partial charge is 0.111 e. The fourth-order valence-corrected chi connectivity index (χ4v) is 1.76. The highest BCUT2D eigenvalue weighted by Crippen LogP contribution is 2.05. The monoisotopic (exact) mass is 186 g/mol. The standard InChI is InChI=1S/C9H15NOS/c1-2-8(7-11)10-6-9-4-3-5-12-9/h3-5,8,10-11H,2,6-7H2,1H3/p+1/t8-/m1/s1. The molecule has 1 rings (SSSR count). The van der Waals surface area contributed by atoms with Gasteiger partial charge in [0.05, 0.1) is 11.5 Å². The molecular formula is C9H16NOS+. The summed E-state index contributed by atoms with van der Waals surface area (Å²) in [6.45, 7) is 3.38. The average Bonchev–Trinajstić information content (AvgIpc) is 2.59. The highest BCUT2D eigenvalue weighted by Gasteiger charge is 2.06. The van der Waals surface area contributed by atoms with Gasteiger partial charge >= 0.3 is 0 Å². The number of thiophene rings is 1. The van der Waals surface area contributed by atoms with E-state index in [4.69, 9.17) is 5.11 Å². The Morgan fingerprint density at radius 1 is 1.67 bits per heavy atom. The van der Waals surface area contributed by atoms with Gasteiger partial charge in [0.1, 0.15) is 12.6 Å². The lowest BCUT2D eigenvalue weighted by Gasteiger charge is -2.08. The second-order valence-corrected chi connectivity index (χ2v) is 3.90. The maximum atomic E-state index is 8.93. The van der Waals surface area contributed by atoms with Crippen molar-refractivity contribution in [1.29, 1.82) is 0 Å². The maximum absolute atomic E-state index is 8.93. The molecule has 0 saturated carbocycles. The SMILES string of the molecule is CC[C@H](CO)[NH2+]Cc1cccs1. The second kappa shape index (κ2) is 5.30. The summed E-state index contributed by atoms with van der Waals surface area (Å²) < 4.78 is 0. The van der Waals surface area contributed by atoms with E-state index in [0.29, 0.717) is 6.04 Å². The quantitative estimate of drug-likeness (QED) is 0.693. The van der Waals surface area contributed by atoms with Crippen molar-refractivity contribution in [1.82, 2.24) is 0 Å². The predicted octanol–water partition coefficient (Wildman–Crippen LogP) is 0.582. The Balaban J connectivity index is 2.25. The van der Waals surface area contributed by atoms with Crippen LogP contribution in [0.25, 0.3) is 0 Å². The maximum Gasteiger partial charge on any atom is 0.111 e. The molecule has 0 aliphatic heterocycles. The van der Waals surface area contributed by atoms with Crippen LogP contribution in [0, 0.1) is 0 Å². The van der Waals surface area contributed by atoms with Crippen molar-refractivity contribution in [2.24, 2.45) is 0 Å². The number of aliphatic hydroxyl groups excluding tert-OH is 1. The zero-order valence-electron chi connectivity index (χ0n) is 7.36. The zero-order chi connectivity index (χ0) is 8.81. The molecule has 0 unspecified atom stereocenters. The van der Waals surface area contributed by atoms with Crippen molar-refractivity contribution in [3.8, 4) is 0 Å². The lowest BCUT2D eigenvalue weighted by molar-refractivity contribution is -0.705. The number of nitrogens with two attached hydrogens (primary N) is 1. The number of quaternary nitrogens is 1. The van der Waals surface area contributed by atoms with E-state index in [1.165, 1.54) is 4.88 Å². The van der Waals surface area contributed by atoms with Crippen LogP contribution in [0.1, 0.15) is 18.2 Å². The van der Waals surface area contributed by atoms with Crippen molar-refractivity contribution in [3.05, 3.63) is 22.4 Å². The van der Waals surface area contributed by atoms with Crippen LogP contribution in [0.4, 0.5) is 0 Å². The summed E-state index contributed by atoms with van der Waals surface area (Å²) in [5.74, 6) is 0. The summed E-state index contributed by atoms with van der Waals surface area (Å²) in [4.78, 5) is 1.38. The van der Waals surface area contributed by atoms with Crippen LogP contribution in [0.15, 0.2) is 17.5 Å². The minimum absolute atomic E-state index is 0.280. The van der Waals surface area contributed by atoms with Crippen LogP contribution in [0.2, 0.25) is 0 Å². The van der Waals surface area contributed by atoms with Gasteiger partial charge in [-0.3, -0.25) is 0 Å². The van der Waals surface area contributed by atoms with Gasteiger partial charge in [0.15, 0.2) is 0 Å². The van der Waals surface area contributed by atoms with Gasteiger partial charge in [-0.05, 0) is 17.9 Å². The molecule has 0 fully saturated rings. The first-order valence-electron chi connectivity index (χ1n) is 4.33. The van der Waals surface area contributed by atoms with Gasteiger partial charge in [0.25, 0.3) is 0 Å². The molecule has 3 N–H and O–H groups in total. The van der Waals surface area contributed by atoms with Crippen LogP contribution in [-0.4, -0.2) is 17.8 Å². The summed E-state index contributed by atoms with van der Waals surface area (Å²) in [6.07, 6.45) is 1.03. The summed E-state index contributed by atoms with van der Waals surface area (Å²) in [5, 5.41) is 13.2. The first-order chi connectivity index (χ1) is 5.86. The Morgan fingerprint density at radius 3 is 3.00 bits per heavy atom. The molecular weight excluding hydrogens is 170 g/mol. The molecule has 68 valence electrons. The number of aliphatic hydroxyl groups is 1.